The van der Waals surface area contributed by atoms with Crippen LogP contribution in [0.1, 0.15) is 29.0 Å². The Kier molecular flexibility index (Phi) is 10.4. The molecule has 0 spiro atoms. The van der Waals surface area contributed by atoms with Crippen molar-refractivity contribution in [2.45, 2.75) is 74.4 Å². The smallest absolute Gasteiger partial charge is 0.113 e. The lowest BCUT2D eigenvalue weighted by atomic mass is 9.90. The number of hydrogen-bond donors (Lipinski definition) is 8. The highest BCUT2D eigenvalue weighted by Gasteiger charge is 2.44. The van der Waals surface area contributed by atoms with Crippen LogP contribution in [0.5, 0.6) is 0 Å². The SMILES string of the molecule is C[C@@H]1O[C@H](CO)[C@@H](O)[C@H](O)[C@H]1O.OC[C@H]1O[C@@H](c2ccc(Cl)c(Cc3cc4ccsc4s3)c2)[C@H](O)[C@@H](O)[C@@H]1O. The fraction of sp³-hybridized carbons (Fsp3) is 0.538. The Morgan fingerprint density at radius 1 is 0.795 bits per heavy atom. The van der Waals surface area contributed by atoms with E-state index in [1.807, 2.05) is 6.07 Å². The van der Waals surface area contributed by atoms with Crippen LogP contribution >= 0.6 is 34.3 Å². The molecule has 2 saturated heterocycles. The fourth-order valence-corrected chi connectivity index (χ4v) is 7.03. The molecule has 4 heterocycles. The van der Waals surface area contributed by atoms with Crippen molar-refractivity contribution in [1.82, 2.24) is 0 Å². The standard InChI is InChI=1S/C19H19ClO5S2.C7H14O5/c20-13-2-1-9(18-17(24)16(23)15(22)14(8-21)25-18)5-11(13)7-12-6-10-3-4-26-19(10)27-12;1-3-5(9)7(11)6(10)4(2-8)12-3/h1-6,14-18,21-24H,7-8H2;3-11H,2H2,1H3/t14-,15-,16+,17-,18+;3-,4+,5-,6+,7+/m10/s1. The summed E-state index contributed by atoms with van der Waals surface area (Å²) in [6.45, 7) is 0.755. The van der Waals surface area contributed by atoms with Crippen molar-refractivity contribution in [1.29, 1.82) is 0 Å². The van der Waals surface area contributed by atoms with Gasteiger partial charge in [-0.15, -0.1) is 22.7 Å². The monoisotopic (exact) mass is 604 g/mol. The molecule has 39 heavy (non-hydrogen) atoms. The topological polar surface area (TPSA) is 180 Å². The molecule has 10 nitrogen and oxygen atoms in total. The summed E-state index contributed by atoms with van der Waals surface area (Å²) in [6, 6.07) is 9.55. The second kappa shape index (κ2) is 13.2. The third-order valence-corrected chi connectivity index (χ3v) is 9.56. The van der Waals surface area contributed by atoms with Crippen LogP contribution in [0, 0.1) is 0 Å². The highest BCUT2D eigenvalue weighted by atomic mass is 35.5. The molecule has 0 saturated carbocycles. The number of rotatable bonds is 5. The van der Waals surface area contributed by atoms with Crippen molar-refractivity contribution in [2.75, 3.05) is 13.2 Å². The molecule has 13 heteroatoms. The Bertz CT molecular complexity index is 1190. The first kappa shape index (κ1) is 30.7. The van der Waals surface area contributed by atoms with Crippen LogP contribution in [0.2, 0.25) is 5.02 Å². The lowest BCUT2D eigenvalue weighted by Crippen LogP contribution is -2.57. The van der Waals surface area contributed by atoms with E-state index < -0.39 is 67.6 Å². The van der Waals surface area contributed by atoms with Gasteiger partial charge in [0.15, 0.2) is 0 Å². The number of halogens is 1. The predicted octanol–water partition coefficient (Wildman–Crippen LogP) is 0.571. The maximum Gasteiger partial charge on any atom is 0.113 e. The van der Waals surface area contributed by atoms with Gasteiger partial charge in [0.25, 0.3) is 0 Å². The highest BCUT2D eigenvalue weighted by Crippen LogP contribution is 2.36. The van der Waals surface area contributed by atoms with Crippen LogP contribution in [0.25, 0.3) is 9.40 Å². The fourth-order valence-electron chi connectivity index (χ4n) is 4.66. The van der Waals surface area contributed by atoms with Crippen LogP contribution in [0.4, 0.5) is 0 Å². The lowest BCUT2D eigenvalue weighted by Gasteiger charge is -2.40. The molecule has 216 valence electrons. The Labute approximate surface area is 237 Å². The summed E-state index contributed by atoms with van der Waals surface area (Å²) in [5.41, 5.74) is 1.53. The van der Waals surface area contributed by atoms with E-state index in [4.69, 9.17) is 26.2 Å². The Morgan fingerprint density at radius 2 is 1.44 bits per heavy atom. The van der Waals surface area contributed by atoms with Crippen molar-refractivity contribution in [3.63, 3.8) is 0 Å². The average Bonchev–Trinajstić information content (AvgIpc) is 3.52. The third kappa shape index (κ3) is 6.65. The summed E-state index contributed by atoms with van der Waals surface area (Å²) in [5.74, 6) is 0. The first-order valence-electron chi connectivity index (χ1n) is 12.4. The molecule has 8 N–H and O–H groups in total. The van der Waals surface area contributed by atoms with Crippen LogP contribution in [-0.2, 0) is 15.9 Å². The molecule has 10 atom stereocenters. The molecule has 5 rings (SSSR count). The summed E-state index contributed by atoms with van der Waals surface area (Å²) < 4.78 is 11.9. The van der Waals surface area contributed by atoms with Gasteiger partial charge in [-0.25, -0.2) is 0 Å². The molecular weight excluding hydrogens is 572 g/mol. The number of thiophene rings is 2. The third-order valence-electron chi connectivity index (χ3n) is 6.98. The zero-order valence-corrected chi connectivity index (χ0v) is 23.3. The number of aliphatic hydroxyl groups excluding tert-OH is 8. The molecular formula is C26H33ClO10S2. The van der Waals surface area contributed by atoms with E-state index in [1.54, 1.807) is 41.7 Å². The molecule has 1 aromatic carbocycles. The number of fused-ring (bicyclic) bond motifs is 1. The van der Waals surface area contributed by atoms with Gasteiger partial charge in [0.1, 0.15) is 54.9 Å². The zero-order chi connectivity index (χ0) is 28.4. The summed E-state index contributed by atoms with van der Waals surface area (Å²) in [4.78, 5) is 1.18. The van der Waals surface area contributed by atoms with Gasteiger partial charge in [-0.05, 0) is 41.6 Å². The molecule has 0 bridgehead atoms. The van der Waals surface area contributed by atoms with E-state index in [0.29, 0.717) is 17.0 Å². The van der Waals surface area contributed by atoms with Gasteiger partial charge in [0.05, 0.1) is 23.3 Å². The number of benzene rings is 1. The minimum atomic E-state index is -1.40. The highest BCUT2D eigenvalue weighted by molar-refractivity contribution is 7.37. The lowest BCUT2D eigenvalue weighted by molar-refractivity contribution is -0.231. The van der Waals surface area contributed by atoms with E-state index in [1.165, 1.54) is 14.3 Å². The van der Waals surface area contributed by atoms with Gasteiger partial charge in [-0.2, -0.15) is 0 Å². The van der Waals surface area contributed by atoms with Gasteiger partial charge in [-0.3, -0.25) is 0 Å². The van der Waals surface area contributed by atoms with Crippen LogP contribution in [0.15, 0.2) is 35.7 Å². The average molecular weight is 605 g/mol. The van der Waals surface area contributed by atoms with Crippen molar-refractivity contribution in [2.24, 2.45) is 0 Å². The summed E-state index contributed by atoms with van der Waals surface area (Å²) in [6.07, 6.45) is -10.1. The van der Waals surface area contributed by atoms with Crippen molar-refractivity contribution in [3.8, 4) is 0 Å². The maximum atomic E-state index is 10.3. The van der Waals surface area contributed by atoms with Gasteiger partial charge in [-0.1, -0.05) is 23.7 Å². The molecule has 2 aliphatic heterocycles. The minimum Gasteiger partial charge on any atom is -0.394 e. The Balaban J connectivity index is 0.000000247. The second-order valence-electron chi connectivity index (χ2n) is 9.69. The maximum absolute atomic E-state index is 10.3. The van der Waals surface area contributed by atoms with Crippen LogP contribution < -0.4 is 0 Å². The zero-order valence-electron chi connectivity index (χ0n) is 20.9. The molecule has 0 unspecified atom stereocenters. The van der Waals surface area contributed by atoms with E-state index in [2.05, 4.69) is 17.5 Å². The van der Waals surface area contributed by atoms with Gasteiger partial charge in [0.2, 0.25) is 0 Å². The molecule has 0 aliphatic carbocycles. The summed E-state index contributed by atoms with van der Waals surface area (Å²) >= 11 is 9.81. The molecule has 0 radical (unpaired) electrons. The first-order valence-corrected chi connectivity index (χ1v) is 14.5. The van der Waals surface area contributed by atoms with Gasteiger partial charge >= 0.3 is 0 Å². The second-order valence-corrected chi connectivity index (χ2v) is 12.4. The number of hydrogen-bond acceptors (Lipinski definition) is 12. The van der Waals surface area contributed by atoms with Crippen molar-refractivity contribution < 1.29 is 50.3 Å². The van der Waals surface area contributed by atoms with E-state index in [0.717, 1.165) is 5.56 Å². The van der Waals surface area contributed by atoms with Crippen LogP contribution in [0.3, 0.4) is 0 Å². The normalized spacial score (nSPS) is 35.0. The predicted molar refractivity (Wildman–Crippen MR) is 146 cm³/mol. The minimum absolute atomic E-state index is 0.366. The number of ether oxygens (including phenoxy) is 2. The number of aliphatic hydroxyl groups is 8. The van der Waals surface area contributed by atoms with E-state index in [9.17, 15) is 35.7 Å². The molecule has 2 aliphatic rings. The molecule has 3 aromatic rings. The molecule has 2 fully saturated rings. The summed E-state index contributed by atoms with van der Waals surface area (Å²) in [7, 11) is 0. The first-order chi connectivity index (χ1) is 18.5. The van der Waals surface area contributed by atoms with Gasteiger partial charge in [0, 0.05) is 21.7 Å². The quantitative estimate of drug-likeness (QED) is 0.205. The van der Waals surface area contributed by atoms with Crippen LogP contribution in [-0.4, -0.2) is 109 Å². The Hall–Kier alpha value is -1.23. The van der Waals surface area contributed by atoms with Crippen molar-refractivity contribution in [3.05, 3.63) is 56.7 Å². The summed E-state index contributed by atoms with van der Waals surface area (Å²) in [5, 5.41) is 80.0. The van der Waals surface area contributed by atoms with E-state index >= 15 is 0 Å². The Morgan fingerprint density at radius 3 is 2.08 bits per heavy atom. The molecule has 2 aromatic heterocycles. The van der Waals surface area contributed by atoms with Crippen molar-refractivity contribution >= 4 is 43.7 Å². The van der Waals surface area contributed by atoms with Gasteiger partial charge < -0.3 is 50.3 Å². The van der Waals surface area contributed by atoms with E-state index in [-0.39, 0.29) is 6.61 Å². The molecule has 0 amide bonds. The largest absolute Gasteiger partial charge is 0.394 e.